The van der Waals surface area contributed by atoms with Gasteiger partial charge < -0.3 is 14.2 Å². The largest absolute Gasteiger partial charge is 0.457 e. The molecule has 6 nitrogen and oxygen atoms in total. The first-order chi connectivity index (χ1) is 11.7. The summed E-state index contributed by atoms with van der Waals surface area (Å²) in [6.45, 7) is 12.2. The van der Waals surface area contributed by atoms with Crippen LogP contribution in [-0.4, -0.2) is 36.2 Å². The SMILES string of the molecule is C=C1C=CC2=C(C)[C@H](OC(C)=O)[C@H](OC(C)=O)[C@@H]3C(=C)C(=O)O[C@@H]3[C@@H]12. The highest BCUT2D eigenvalue weighted by Crippen LogP contribution is 2.48. The fraction of sp³-hybridized carbons (Fsp3) is 0.421. The number of hydrogen-bond donors (Lipinski definition) is 0. The molecule has 25 heavy (non-hydrogen) atoms. The Labute approximate surface area is 145 Å². The van der Waals surface area contributed by atoms with Gasteiger partial charge in [0.05, 0.1) is 5.92 Å². The number of hydrogen-bond acceptors (Lipinski definition) is 6. The highest BCUT2D eigenvalue weighted by molar-refractivity contribution is 5.91. The zero-order valence-corrected chi connectivity index (χ0v) is 14.4. The smallest absolute Gasteiger partial charge is 0.334 e. The Kier molecular flexibility index (Phi) is 4.14. The molecule has 3 aliphatic rings. The molecule has 132 valence electrons. The molecule has 0 radical (unpaired) electrons. The molecule has 0 bridgehead atoms. The number of ether oxygens (including phenoxy) is 3. The average molecular weight is 344 g/mol. The fourth-order valence-corrected chi connectivity index (χ4v) is 3.90. The molecule has 0 aromatic carbocycles. The Morgan fingerprint density at radius 1 is 1.12 bits per heavy atom. The van der Waals surface area contributed by atoms with Gasteiger partial charge in [-0.15, -0.1) is 0 Å². The van der Waals surface area contributed by atoms with Crippen molar-refractivity contribution in [1.29, 1.82) is 0 Å². The third kappa shape index (κ3) is 2.71. The topological polar surface area (TPSA) is 78.9 Å². The van der Waals surface area contributed by atoms with E-state index in [1.54, 1.807) is 0 Å². The van der Waals surface area contributed by atoms with E-state index in [1.807, 2.05) is 19.1 Å². The van der Waals surface area contributed by atoms with Crippen molar-refractivity contribution in [1.82, 2.24) is 0 Å². The van der Waals surface area contributed by atoms with Gasteiger partial charge in [-0.25, -0.2) is 4.79 Å². The zero-order chi connectivity index (χ0) is 18.5. The van der Waals surface area contributed by atoms with Gasteiger partial charge in [0.15, 0.2) is 12.2 Å². The number of rotatable bonds is 2. The number of carbonyl (C=O) groups is 3. The summed E-state index contributed by atoms with van der Waals surface area (Å²) in [5.41, 5.74) is 2.61. The molecular weight excluding hydrogens is 324 g/mol. The highest BCUT2D eigenvalue weighted by Gasteiger charge is 2.55. The molecule has 0 unspecified atom stereocenters. The van der Waals surface area contributed by atoms with E-state index in [9.17, 15) is 14.4 Å². The van der Waals surface area contributed by atoms with Crippen LogP contribution in [0.2, 0.25) is 0 Å². The predicted molar refractivity (Wildman–Crippen MR) is 88.1 cm³/mol. The molecular formula is C19H20O6. The molecule has 1 fully saturated rings. The van der Waals surface area contributed by atoms with E-state index >= 15 is 0 Å². The van der Waals surface area contributed by atoms with Crippen LogP contribution >= 0.6 is 0 Å². The highest BCUT2D eigenvalue weighted by atomic mass is 16.6. The average Bonchev–Trinajstić information content (AvgIpc) is 3.00. The maximum Gasteiger partial charge on any atom is 0.334 e. The standard InChI is InChI=1S/C19H20O6/c1-8-6-7-13-9(2)16(23-11(4)20)18(24-12(5)21)15-10(3)19(22)25-17(15)14(8)13/h6-7,14-18H,1,3H2,2,4-5H3/t14-,15+,16-,17+,18+/m0/s1. The third-order valence-corrected chi connectivity index (χ3v) is 4.93. The lowest BCUT2D eigenvalue weighted by Gasteiger charge is -2.31. The van der Waals surface area contributed by atoms with E-state index in [0.717, 1.165) is 16.7 Å². The van der Waals surface area contributed by atoms with Crippen LogP contribution in [-0.2, 0) is 28.6 Å². The van der Waals surface area contributed by atoms with Gasteiger partial charge in [-0.3, -0.25) is 9.59 Å². The number of allylic oxidation sites excluding steroid dienone is 2. The van der Waals surface area contributed by atoms with E-state index in [4.69, 9.17) is 14.2 Å². The fourth-order valence-electron chi connectivity index (χ4n) is 3.90. The maximum atomic E-state index is 12.2. The lowest BCUT2D eigenvalue weighted by atomic mass is 9.82. The summed E-state index contributed by atoms with van der Waals surface area (Å²) >= 11 is 0. The molecule has 0 aromatic rings. The van der Waals surface area contributed by atoms with Gasteiger partial charge in [0, 0.05) is 25.3 Å². The zero-order valence-electron chi connectivity index (χ0n) is 14.4. The van der Waals surface area contributed by atoms with E-state index in [2.05, 4.69) is 13.2 Å². The van der Waals surface area contributed by atoms with E-state index in [0.29, 0.717) is 0 Å². The molecule has 0 spiro atoms. The minimum absolute atomic E-state index is 0.210. The Morgan fingerprint density at radius 3 is 2.36 bits per heavy atom. The summed E-state index contributed by atoms with van der Waals surface area (Å²) in [7, 11) is 0. The van der Waals surface area contributed by atoms with Crippen molar-refractivity contribution in [3.63, 3.8) is 0 Å². The summed E-state index contributed by atoms with van der Waals surface area (Å²) < 4.78 is 16.5. The van der Waals surface area contributed by atoms with Crippen LogP contribution in [0.4, 0.5) is 0 Å². The second-order valence-corrected chi connectivity index (χ2v) is 6.55. The Bertz CT molecular complexity index is 756. The lowest BCUT2D eigenvalue weighted by Crippen LogP contribution is -2.43. The van der Waals surface area contributed by atoms with Gasteiger partial charge in [0.1, 0.15) is 6.10 Å². The monoisotopic (exact) mass is 344 g/mol. The normalized spacial score (nSPS) is 33.6. The molecule has 5 atom stereocenters. The van der Waals surface area contributed by atoms with Crippen LogP contribution in [0, 0.1) is 11.8 Å². The predicted octanol–water partition coefficient (Wildman–Crippen LogP) is 2.02. The van der Waals surface area contributed by atoms with Crippen molar-refractivity contribution in [2.75, 3.05) is 0 Å². The summed E-state index contributed by atoms with van der Waals surface area (Å²) in [5, 5.41) is 0. The van der Waals surface area contributed by atoms with Gasteiger partial charge in [-0.2, -0.15) is 0 Å². The Morgan fingerprint density at radius 2 is 1.76 bits per heavy atom. The van der Waals surface area contributed by atoms with Crippen LogP contribution in [0.1, 0.15) is 20.8 Å². The minimum atomic E-state index is -0.885. The van der Waals surface area contributed by atoms with Crippen molar-refractivity contribution in [3.05, 3.63) is 47.6 Å². The second-order valence-electron chi connectivity index (χ2n) is 6.55. The summed E-state index contributed by atoms with van der Waals surface area (Å²) in [6, 6.07) is 0. The quantitative estimate of drug-likeness (QED) is 0.433. The van der Waals surface area contributed by atoms with E-state index < -0.39 is 42.1 Å². The van der Waals surface area contributed by atoms with Gasteiger partial charge in [-0.05, 0) is 23.6 Å². The van der Waals surface area contributed by atoms with E-state index in [-0.39, 0.29) is 11.5 Å². The first-order valence-electron chi connectivity index (χ1n) is 8.04. The van der Waals surface area contributed by atoms with Crippen molar-refractivity contribution in [2.24, 2.45) is 11.8 Å². The van der Waals surface area contributed by atoms with Crippen molar-refractivity contribution >= 4 is 17.9 Å². The molecule has 0 saturated carbocycles. The van der Waals surface area contributed by atoms with Gasteiger partial charge in [0.2, 0.25) is 0 Å². The van der Waals surface area contributed by atoms with Gasteiger partial charge >= 0.3 is 17.9 Å². The molecule has 0 N–H and O–H groups in total. The molecule has 0 aromatic heterocycles. The first-order valence-corrected chi connectivity index (χ1v) is 8.04. The van der Waals surface area contributed by atoms with Crippen LogP contribution < -0.4 is 0 Å². The molecule has 0 amide bonds. The van der Waals surface area contributed by atoms with Gasteiger partial charge in [-0.1, -0.05) is 25.3 Å². The van der Waals surface area contributed by atoms with Crippen molar-refractivity contribution in [3.8, 4) is 0 Å². The molecule has 6 heteroatoms. The molecule has 1 saturated heterocycles. The molecule has 2 aliphatic carbocycles. The third-order valence-electron chi connectivity index (χ3n) is 4.93. The van der Waals surface area contributed by atoms with Crippen molar-refractivity contribution < 1.29 is 28.6 Å². The summed E-state index contributed by atoms with van der Waals surface area (Å²) in [5.74, 6) is -2.46. The number of fused-ring (bicyclic) bond motifs is 3. The Balaban J connectivity index is 2.18. The van der Waals surface area contributed by atoms with Crippen LogP contribution in [0.3, 0.4) is 0 Å². The molecule has 3 rings (SSSR count). The summed E-state index contributed by atoms with van der Waals surface area (Å²) in [4.78, 5) is 35.5. The first kappa shape index (κ1) is 17.2. The van der Waals surface area contributed by atoms with Crippen molar-refractivity contribution in [2.45, 2.75) is 39.1 Å². The Hall–Kier alpha value is -2.63. The van der Waals surface area contributed by atoms with Gasteiger partial charge in [0.25, 0.3) is 0 Å². The summed E-state index contributed by atoms with van der Waals surface area (Å²) in [6.07, 6.45) is 1.42. The number of carbonyl (C=O) groups excluding carboxylic acids is 3. The van der Waals surface area contributed by atoms with Crippen LogP contribution in [0.5, 0.6) is 0 Å². The molecule has 1 heterocycles. The maximum absolute atomic E-state index is 12.2. The number of esters is 3. The second kappa shape index (κ2) is 6.02. The minimum Gasteiger partial charge on any atom is -0.457 e. The van der Waals surface area contributed by atoms with E-state index in [1.165, 1.54) is 13.8 Å². The van der Waals surface area contributed by atoms with Crippen LogP contribution in [0.25, 0.3) is 0 Å². The van der Waals surface area contributed by atoms with Crippen LogP contribution in [0.15, 0.2) is 47.6 Å². The lowest BCUT2D eigenvalue weighted by molar-refractivity contribution is -0.167. The molecule has 1 aliphatic heterocycles.